The number of phenols is 1. The second-order valence-electron chi connectivity index (χ2n) is 12.6. The van der Waals surface area contributed by atoms with E-state index in [2.05, 4.69) is 43.2 Å². The first-order valence-corrected chi connectivity index (χ1v) is 16.4. The van der Waals surface area contributed by atoms with Gasteiger partial charge in [-0.15, -0.1) is 0 Å². The minimum Gasteiger partial charge on any atom is -0.508 e. The molecule has 3 atom stereocenters. The summed E-state index contributed by atoms with van der Waals surface area (Å²) in [5.74, 6) is 0.603. The van der Waals surface area contributed by atoms with Gasteiger partial charge in [-0.3, -0.25) is 4.79 Å². The molecule has 0 radical (unpaired) electrons. The summed E-state index contributed by atoms with van der Waals surface area (Å²) < 4.78 is 0. The average Bonchev–Trinajstić information content (AvgIpc) is 2.93. The molecule has 0 spiro atoms. The number of hydrogen-bond acceptors (Lipinski definition) is 3. The van der Waals surface area contributed by atoms with E-state index in [9.17, 15) is 9.90 Å². The molecule has 1 saturated heterocycles. The number of hydrogen-bond donors (Lipinski definition) is 2. The number of phenolic OH excluding ortho intramolecular Hbond substituents is 1. The number of carbonyl (C=O) groups is 1. The summed E-state index contributed by atoms with van der Waals surface area (Å²) in [6.45, 7) is 3.48. The first-order chi connectivity index (χ1) is 19.0. The molecule has 3 aliphatic rings. The lowest BCUT2D eigenvalue weighted by atomic mass is 9.52. The molecule has 2 N–H and O–H groups in total. The van der Waals surface area contributed by atoms with E-state index in [0.29, 0.717) is 17.6 Å². The topological polar surface area (TPSA) is 60.8 Å². The SMILES string of the molecule is CCCCCCCC/C=C\CCCCCCCC(=O)O.CN1CC[C@]23CCCC[C@H]2[C@H]1Cc1ccc(O)cc13. The number of aromatic hydroxyl groups is 1. The zero-order chi connectivity index (χ0) is 27.9. The maximum Gasteiger partial charge on any atom is 0.303 e. The maximum absolute atomic E-state index is 10.3. The van der Waals surface area contributed by atoms with Crippen molar-refractivity contribution in [3.63, 3.8) is 0 Å². The Morgan fingerprint density at radius 2 is 1.62 bits per heavy atom. The summed E-state index contributed by atoms with van der Waals surface area (Å²) in [5, 5.41) is 18.4. The van der Waals surface area contributed by atoms with Gasteiger partial charge in [-0.05, 0) is 101 Å². The van der Waals surface area contributed by atoms with Gasteiger partial charge < -0.3 is 15.1 Å². The standard InChI is InChI=1S/C18H34O2.C17H23NO/c1-2-3-4-5-6-7-8-9-10-11-12-13-14-15-16-17-18(19)20;1-18-9-8-17-7-3-2-4-14(17)16(18)10-12-5-6-13(19)11-15(12)17/h9-10H,2-8,11-17H2,1H3,(H,19,20);5-6,11,14,16,19H,2-4,7-10H2,1H3/b10-9-;/t;14-,16+,17+/m.0/s1. The molecule has 220 valence electrons. The zero-order valence-electron chi connectivity index (χ0n) is 25.1. The third-order valence-corrected chi connectivity index (χ3v) is 9.75. The van der Waals surface area contributed by atoms with E-state index in [-0.39, 0.29) is 0 Å². The van der Waals surface area contributed by atoms with Crippen LogP contribution in [0.25, 0.3) is 0 Å². The molecule has 1 heterocycles. The number of piperidine rings is 1. The molecule has 2 fully saturated rings. The largest absolute Gasteiger partial charge is 0.508 e. The zero-order valence-corrected chi connectivity index (χ0v) is 25.1. The van der Waals surface area contributed by atoms with E-state index >= 15 is 0 Å². The van der Waals surface area contributed by atoms with Crippen LogP contribution in [0.1, 0.15) is 140 Å². The monoisotopic (exact) mass is 539 g/mol. The molecule has 1 aromatic carbocycles. The number of carboxylic acids is 1. The van der Waals surface area contributed by atoms with E-state index in [1.54, 1.807) is 0 Å². The van der Waals surface area contributed by atoms with Crippen LogP contribution in [0.5, 0.6) is 5.75 Å². The predicted octanol–water partition coefficient (Wildman–Crippen LogP) is 9.19. The van der Waals surface area contributed by atoms with E-state index in [1.807, 2.05) is 6.07 Å². The summed E-state index contributed by atoms with van der Waals surface area (Å²) in [7, 11) is 2.30. The Kier molecular flexibility index (Phi) is 13.9. The van der Waals surface area contributed by atoms with Gasteiger partial charge in [-0.1, -0.05) is 89.4 Å². The van der Waals surface area contributed by atoms with Crippen molar-refractivity contribution in [1.82, 2.24) is 4.90 Å². The van der Waals surface area contributed by atoms with Gasteiger partial charge in [-0.2, -0.15) is 0 Å². The number of allylic oxidation sites excluding steroid dienone is 2. The minimum atomic E-state index is -0.664. The number of benzene rings is 1. The Hall–Kier alpha value is -1.81. The third kappa shape index (κ3) is 9.66. The Morgan fingerprint density at radius 1 is 0.949 bits per heavy atom. The number of likely N-dealkylation sites (N-methyl/N-ethyl adjacent to an activating group) is 1. The quantitative estimate of drug-likeness (QED) is 0.172. The summed E-state index contributed by atoms with van der Waals surface area (Å²) >= 11 is 0. The van der Waals surface area contributed by atoms with E-state index in [1.165, 1.54) is 127 Å². The van der Waals surface area contributed by atoms with Crippen LogP contribution in [0.15, 0.2) is 30.4 Å². The van der Waals surface area contributed by atoms with E-state index in [4.69, 9.17) is 5.11 Å². The number of fused-ring (bicyclic) bond motifs is 1. The number of nitrogens with zero attached hydrogens (tertiary/aromatic N) is 1. The Morgan fingerprint density at radius 3 is 2.31 bits per heavy atom. The van der Waals surface area contributed by atoms with Crippen molar-refractivity contribution >= 4 is 5.97 Å². The van der Waals surface area contributed by atoms with Crippen LogP contribution >= 0.6 is 0 Å². The van der Waals surface area contributed by atoms with Gasteiger partial charge in [0.25, 0.3) is 0 Å². The van der Waals surface area contributed by atoms with Crippen LogP contribution in [0.3, 0.4) is 0 Å². The van der Waals surface area contributed by atoms with Gasteiger partial charge in [0.15, 0.2) is 0 Å². The predicted molar refractivity (Wildman–Crippen MR) is 164 cm³/mol. The molecule has 1 aliphatic heterocycles. The molecule has 2 aliphatic carbocycles. The summed E-state index contributed by atoms with van der Waals surface area (Å²) in [4.78, 5) is 12.9. The van der Waals surface area contributed by atoms with Gasteiger partial charge in [-0.25, -0.2) is 0 Å². The highest BCUT2D eigenvalue weighted by Crippen LogP contribution is 2.55. The smallest absolute Gasteiger partial charge is 0.303 e. The van der Waals surface area contributed by atoms with Crippen molar-refractivity contribution in [3.8, 4) is 5.75 Å². The maximum atomic E-state index is 10.3. The summed E-state index contributed by atoms with van der Waals surface area (Å²) in [6, 6.07) is 6.85. The van der Waals surface area contributed by atoms with Crippen molar-refractivity contribution in [2.24, 2.45) is 5.92 Å². The lowest BCUT2D eigenvalue weighted by molar-refractivity contribution is -0.137. The lowest BCUT2D eigenvalue weighted by Crippen LogP contribution is -2.59. The summed E-state index contributed by atoms with van der Waals surface area (Å²) in [5.41, 5.74) is 3.36. The number of rotatable bonds is 15. The Balaban J connectivity index is 0.000000215. The number of likely N-dealkylation sites (tertiary alicyclic amines) is 1. The first kappa shape index (κ1) is 31.7. The van der Waals surface area contributed by atoms with Crippen LogP contribution in [0.4, 0.5) is 0 Å². The molecule has 4 heteroatoms. The Labute approximate surface area is 239 Å². The summed E-state index contributed by atoms with van der Waals surface area (Å²) in [6.07, 6.45) is 29.2. The molecule has 0 aromatic heterocycles. The van der Waals surface area contributed by atoms with Crippen molar-refractivity contribution in [2.75, 3.05) is 13.6 Å². The van der Waals surface area contributed by atoms with Crippen molar-refractivity contribution in [1.29, 1.82) is 0 Å². The average molecular weight is 540 g/mol. The fourth-order valence-corrected chi connectivity index (χ4v) is 7.53. The molecule has 4 nitrogen and oxygen atoms in total. The number of aliphatic carboxylic acids is 1. The van der Waals surface area contributed by atoms with Gasteiger partial charge in [0, 0.05) is 17.9 Å². The van der Waals surface area contributed by atoms with Crippen molar-refractivity contribution in [3.05, 3.63) is 41.5 Å². The fourth-order valence-electron chi connectivity index (χ4n) is 7.53. The van der Waals surface area contributed by atoms with Crippen LogP contribution in [-0.4, -0.2) is 40.7 Å². The molecule has 4 rings (SSSR count). The molecule has 39 heavy (non-hydrogen) atoms. The minimum absolute atomic E-state index is 0.332. The van der Waals surface area contributed by atoms with Gasteiger partial charge in [0.1, 0.15) is 5.75 Å². The van der Waals surface area contributed by atoms with Crippen LogP contribution in [0.2, 0.25) is 0 Å². The second kappa shape index (κ2) is 17.1. The molecule has 1 aromatic rings. The number of unbranched alkanes of at least 4 members (excludes halogenated alkanes) is 11. The molecule has 0 amide bonds. The van der Waals surface area contributed by atoms with Crippen LogP contribution in [0, 0.1) is 5.92 Å². The molecular weight excluding hydrogens is 482 g/mol. The van der Waals surface area contributed by atoms with E-state index in [0.717, 1.165) is 24.8 Å². The normalized spacial score (nSPS) is 24.1. The van der Waals surface area contributed by atoms with Gasteiger partial charge in [0.05, 0.1) is 0 Å². The van der Waals surface area contributed by atoms with E-state index < -0.39 is 5.97 Å². The fraction of sp³-hybridized carbons (Fsp3) is 0.743. The van der Waals surface area contributed by atoms with Crippen molar-refractivity contribution in [2.45, 2.75) is 147 Å². The first-order valence-electron chi connectivity index (χ1n) is 16.4. The van der Waals surface area contributed by atoms with Crippen molar-refractivity contribution < 1.29 is 15.0 Å². The highest BCUT2D eigenvalue weighted by atomic mass is 16.4. The second-order valence-corrected chi connectivity index (χ2v) is 12.6. The van der Waals surface area contributed by atoms with Crippen LogP contribution < -0.4 is 0 Å². The van der Waals surface area contributed by atoms with Gasteiger partial charge >= 0.3 is 5.97 Å². The number of carboxylic acid groups (broad SMARTS) is 1. The highest BCUT2D eigenvalue weighted by Gasteiger charge is 2.53. The molecular formula is C35H57NO3. The lowest BCUT2D eigenvalue weighted by Gasteiger charge is -2.58. The Bertz CT molecular complexity index is 881. The third-order valence-electron chi connectivity index (χ3n) is 9.75. The van der Waals surface area contributed by atoms with Gasteiger partial charge in [0.2, 0.25) is 0 Å². The highest BCUT2D eigenvalue weighted by molar-refractivity contribution is 5.66. The molecule has 2 bridgehead atoms. The van der Waals surface area contributed by atoms with Crippen LogP contribution in [-0.2, 0) is 16.6 Å². The molecule has 0 unspecified atom stereocenters. The molecule has 1 saturated carbocycles.